The molecule has 0 bridgehead atoms. The summed E-state index contributed by atoms with van der Waals surface area (Å²) in [6, 6.07) is 20.0. The lowest BCUT2D eigenvalue weighted by molar-refractivity contribution is 0.163. The van der Waals surface area contributed by atoms with Crippen molar-refractivity contribution in [2.75, 3.05) is 19.5 Å². The molecule has 1 unspecified atom stereocenters. The highest BCUT2D eigenvalue weighted by Crippen LogP contribution is 2.37. The van der Waals surface area contributed by atoms with Gasteiger partial charge in [0.05, 0.1) is 26.0 Å². The summed E-state index contributed by atoms with van der Waals surface area (Å²) in [4.78, 5) is 4.44. The molecular weight excluding hydrogens is 572 g/mol. The molecule has 0 fully saturated rings. The Morgan fingerprint density at radius 3 is 2.20 bits per heavy atom. The molecule has 0 aliphatic carbocycles. The highest BCUT2D eigenvalue weighted by atomic mass is 16.5. The van der Waals surface area contributed by atoms with Crippen molar-refractivity contribution in [1.82, 2.24) is 5.32 Å². The number of nitrogens with zero attached hydrogens (tertiary/aromatic N) is 1. The topological polar surface area (TPSA) is 90.1 Å². The van der Waals surface area contributed by atoms with Crippen LogP contribution in [-0.4, -0.2) is 26.5 Å². The van der Waals surface area contributed by atoms with Gasteiger partial charge in [0.1, 0.15) is 17.3 Å². The molecule has 1 atom stereocenters. The van der Waals surface area contributed by atoms with E-state index < -0.39 is 0 Å². The SMILES string of the molecule is C=C/C(=C(/C)N=CC)c1cccc(Oc2ccc(NC(/C=C\C)=C(\OC)C(NC(=C)OC)C(C)(C)C)c3ccccc23)c1.C=CN. The number of ether oxygens (including phenoxy) is 3. The van der Waals surface area contributed by atoms with Crippen molar-refractivity contribution >= 4 is 28.2 Å². The van der Waals surface area contributed by atoms with Gasteiger partial charge in [-0.2, -0.15) is 0 Å². The van der Waals surface area contributed by atoms with Crippen LogP contribution in [0.15, 0.2) is 133 Å². The summed E-state index contributed by atoms with van der Waals surface area (Å²) in [7, 11) is 3.28. The van der Waals surface area contributed by atoms with E-state index in [1.807, 2.05) is 87.5 Å². The highest BCUT2D eigenvalue weighted by Gasteiger charge is 2.32. The second kappa shape index (κ2) is 18.0. The minimum atomic E-state index is -0.217. The van der Waals surface area contributed by atoms with Gasteiger partial charge in [0.15, 0.2) is 5.88 Å². The molecule has 4 N–H and O–H groups in total. The molecule has 0 aliphatic heterocycles. The van der Waals surface area contributed by atoms with Crippen LogP contribution in [0.2, 0.25) is 0 Å². The predicted molar refractivity (Wildman–Crippen MR) is 197 cm³/mol. The highest BCUT2D eigenvalue weighted by molar-refractivity contribution is 5.98. The molecule has 0 amide bonds. The number of nitrogens with one attached hydrogen (secondary N) is 2. The fourth-order valence-corrected chi connectivity index (χ4v) is 4.84. The zero-order chi connectivity index (χ0) is 34.3. The number of methoxy groups -OCH3 is 2. The van der Waals surface area contributed by atoms with E-state index in [1.165, 1.54) is 6.20 Å². The van der Waals surface area contributed by atoms with Gasteiger partial charge in [0.25, 0.3) is 0 Å². The molecule has 3 aromatic rings. The van der Waals surface area contributed by atoms with Gasteiger partial charge in [0, 0.05) is 33.9 Å². The smallest absolute Gasteiger partial charge is 0.179 e. The van der Waals surface area contributed by atoms with Gasteiger partial charge in [-0.3, -0.25) is 4.99 Å². The maximum absolute atomic E-state index is 6.47. The van der Waals surface area contributed by atoms with E-state index in [2.05, 4.69) is 74.0 Å². The largest absolute Gasteiger partial charge is 0.497 e. The Labute approximate surface area is 275 Å². The Morgan fingerprint density at radius 1 is 0.957 bits per heavy atom. The van der Waals surface area contributed by atoms with E-state index in [0.29, 0.717) is 5.88 Å². The van der Waals surface area contributed by atoms with Gasteiger partial charge >= 0.3 is 0 Å². The van der Waals surface area contributed by atoms with E-state index in [1.54, 1.807) is 20.4 Å². The van der Waals surface area contributed by atoms with Gasteiger partial charge in [-0.1, -0.05) is 82.5 Å². The summed E-state index contributed by atoms with van der Waals surface area (Å²) in [5.74, 6) is 2.68. The molecule has 0 aliphatic rings. The minimum Gasteiger partial charge on any atom is -0.497 e. The van der Waals surface area contributed by atoms with Crippen LogP contribution in [0.1, 0.15) is 47.1 Å². The third kappa shape index (κ3) is 9.92. The van der Waals surface area contributed by atoms with Gasteiger partial charge in [0.2, 0.25) is 0 Å². The molecule has 7 heteroatoms. The second-order valence-corrected chi connectivity index (χ2v) is 11.3. The van der Waals surface area contributed by atoms with Gasteiger partial charge in [-0.05, 0) is 74.9 Å². The number of allylic oxidation sites excluding steroid dienone is 5. The van der Waals surface area contributed by atoms with Crippen molar-refractivity contribution in [3.05, 3.63) is 133 Å². The van der Waals surface area contributed by atoms with Crippen LogP contribution < -0.4 is 21.1 Å². The fraction of sp³-hybridized carbons (Fsp3) is 0.256. The van der Waals surface area contributed by atoms with E-state index in [4.69, 9.17) is 14.2 Å². The first-order valence-corrected chi connectivity index (χ1v) is 15.1. The van der Waals surface area contributed by atoms with Crippen molar-refractivity contribution in [2.24, 2.45) is 16.1 Å². The van der Waals surface area contributed by atoms with Crippen LogP contribution in [-0.2, 0) is 9.47 Å². The summed E-state index contributed by atoms with van der Waals surface area (Å²) in [5, 5.41) is 8.99. The maximum Gasteiger partial charge on any atom is 0.179 e. The van der Waals surface area contributed by atoms with E-state index in [0.717, 1.165) is 56.2 Å². The van der Waals surface area contributed by atoms with Crippen LogP contribution in [0.4, 0.5) is 5.69 Å². The average molecular weight is 623 g/mol. The van der Waals surface area contributed by atoms with Crippen molar-refractivity contribution in [2.45, 2.75) is 47.6 Å². The summed E-state index contributed by atoms with van der Waals surface area (Å²) in [6.07, 6.45) is 8.85. The quantitative estimate of drug-likeness (QED) is 0.0999. The number of nitrogens with two attached hydrogens (primary N) is 1. The maximum atomic E-state index is 6.47. The van der Waals surface area contributed by atoms with E-state index >= 15 is 0 Å². The molecule has 0 heterocycles. The first-order chi connectivity index (χ1) is 22.0. The summed E-state index contributed by atoms with van der Waals surface area (Å²) >= 11 is 0. The molecule has 46 heavy (non-hydrogen) atoms. The zero-order valence-corrected chi connectivity index (χ0v) is 28.6. The zero-order valence-electron chi connectivity index (χ0n) is 28.6. The first kappa shape index (κ1) is 37.0. The minimum absolute atomic E-state index is 0.211. The lowest BCUT2D eigenvalue weighted by Gasteiger charge is -2.34. The molecule has 0 saturated heterocycles. The summed E-state index contributed by atoms with van der Waals surface area (Å²) in [6.45, 7) is 23.4. The van der Waals surface area contributed by atoms with Gasteiger partial charge < -0.3 is 30.6 Å². The molecule has 0 radical (unpaired) electrons. The number of fused-ring (bicyclic) bond motifs is 1. The van der Waals surface area contributed by atoms with Crippen LogP contribution in [0.25, 0.3) is 16.3 Å². The molecule has 7 nitrogen and oxygen atoms in total. The van der Waals surface area contributed by atoms with E-state index in [9.17, 15) is 0 Å². The van der Waals surface area contributed by atoms with E-state index in [-0.39, 0.29) is 11.5 Å². The molecule has 0 aromatic heterocycles. The summed E-state index contributed by atoms with van der Waals surface area (Å²) in [5.41, 5.74) is 8.99. The number of aliphatic imine (C=N–C) groups is 1. The Kier molecular flexibility index (Phi) is 14.5. The Hall–Kier alpha value is -5.17. The van der Waals surface area contributed by atoms with Crippen LogP contribution in [0.3, 0.4) is 0 Å². The monoisotopic (exact) mass is 622 g/mol. The van der Waals surface area contributed by atoms with Crippen molar-refractivity contribution in [1.29, 1.82) is 0 Å². The molecule has 3 rings (SSSR count). The second-order valence-electron chi connectivity index (χ2n) is 11.3. The third-order valence-corrected chi connectivity index (χ3v) is 6.94. The average Bonchev–Trinajstić information content (AvgIpc) is 3.02. The lowest BCUT2D eigenvalue weighted by Crippen LogP contribution is -2.43. The third-order valence-electron chi connectivity index (χ3n) is 6.94. The molecule has 244 valence electrons. The van der Waals surface area contributed by atoms with Crippen LogP contribution in [0.5, 0.6) is 11.5 Å². The number of anilines is 1. The van der Waals surface area contributed by atoms with Crippen LogP contribution >= 0.6 is 0 Å². The lowest BCUT2D eigenvalue weighted by atomic mass is 9.84. The van der Waals surface area contributed by atoms with Gasteiger partial charge in [-0.25, -0.2) is 0 Å². The van der Waals surface area contributed by atoms with Crippen molar-refractivity contribution in [3.63, 3.8) is 0 Å². The normalized spacial score (nSPS) is 13.1. The number of benzene rings is 3. The number of hydrogen-bond donors (Lipinski definition) is 3. The van der Waals surface area contributed by atoms with Gasteiger partial charge in [-0.15, -0.1) is 0 Å². The number of hydrogen-bond acceptors (Lipinski definition) is 7. The molecule has 0 spiro atoms. The first-order valence-electron chi connectivity index (χ1n) is 15.1. The predicted octanol–water partition coefficient (Wildman–Crippen LogP) is 9.70. The van der Waals surface area contributed by atoms with Crippen molar-refractivity contribution < 1.29 is 14.2 Å². The Bertz CT molecular complexity index is 1620. The van der Waals surface area contributed by atoms with Crippen molar-refractivity contribution in [3.8, 4) is 11.5 Å². The van der Waals surface area contributed by atoms with Crippen LogP contribution in [0, 0.1) is 5.41 Å². The molecular formula is C39H50N4O3. The Morgan fingerprint density at radius 2 is 1.63 bits per heavy atom. The standard InChI is InChI=1S/C37H45N3O3.C2H5N/c1-11-17-33(35(42-10)36(37(6,7)8)39-26(5)41-9)40-32-22-23-34(31-21-15-14-20-30(31)32)43-28-19-16-18-27(24-28)29(12-2)25(4)38-13-3;1-2-3/h11-24,36,39-40H,2,5H2,1,3-4,6-10H3;2H,1,3H2/b17-11-,29-25+,35-33-,38-13?;. The number of rotatable bonds is 13. The molecule has 3 aromatic carbocycles. The molecule has 0 saturated carbocycles. The summed E-state index contributed by atoms with van der Waals surface area (Å²) < 4.78 is 17.8. The Balaban J connectivity index is 0.00000236. The fourth-order valence-electron chi connectivity index (χ4n) is 4.84.